The molecule has 25 heavy (non-hydrogen) atoms. The molecule has 2 heterocycles. The van der Waals surface area contributed by atoms with Gasteiger partial charge in [0, 0.05) is 25.6 Å². The maximum Gasteiger partial charge on any atom is 0.225 e. The number of carbonyl (C=O) groups is 1. The summed E-state index contributed by atoms with van der Waals surface area (Å²) in [6.07, 6.45) is 7.53. The lowest BCUT2D eigenvalue weighted by molar-refractivity contribution is -0.136. The number of aryl methyl sites for hydroxylation is 1. The van der Waals surface area contributed by atoms with Crippen molar-refractivity contribution >= 4 is 5.91 Å². The molecule has 0 spiro atoms. The monoisotopic (exact) mass is 340 g/mol. The molecular formula is C22H32N2O. The third-order valence-electron chi connectivity index (χ3n) is 6.71. The molecule has 1 aromatic carbocycles. The van der Waals surface area contributed by atoms with Crippen molar-refractivity contribution in [1.29, 1.82) is 0 Å². The fourth-order valence-corrected chi connectivity index (χ4v) is 5.25. The molecule has 4 rings (SSSR count). The summed E-state index contributed by atoms with van der Waals surface area (Å²) < 4.78 is 0. The molecule has 1 aliphatic carbocycles. The number of hydrogen-bond donors (Lipinski definition) is 0. The molecule has 1 amide bonds. The maximum absolute atomic E-state index is 13.0. The lowest BCUT2D eigenvalue weighted by Gasteiger charge is -2.33. The number of nitrogens with zero attached hydrogens (tertiary/aromatic N) is 2. The zero-order valence-corrected chi connectivity index (χ0v) is 15.6. The Morgan fingerprint density at radius 3 is 2.36 bits per heavy atom. The van der Waals surface area contributed by atoms with Crippen LogP contribution in [0.4, 0.5) is 0 Å². The van der Waals surface area contributed by atoms with Crippen molar-refractivity contribution in [2.75, 3.05) is 26.2 Å². The van der Waals surface area contributed by atoms with E-state index in [0.29, 0.717) is 5.91 Å². The normalized spacial score (nSPS) is 28.1. The van der Waals surface area contributed by atoms with Crippen LogP contribution in [0.1, 0.15) is 49.7 Å². The van der Waals surface area contributed by atoms with Gasteiger partial charge in [-0.3, -0.25) is 9.69 Å². The van der Waals surface area contributed by atoms with Crippen LogP contribution in [0.25, 0.3) is 0 Å². The Bertz CT molecular complexity index is 592. The van der Waals surface area contributed by atoms with Gasteiger partial charge in [-0.2, -0.15) is 0 Å². The van der Waals surface area contributed by atoms with Gasteiger partial charge in [0.25, 0.3) is 0 Å². The van der Waals surface area contributed by atoms with Gasteiger partial charge in [-0.05, 0) is 63.1 Å². The summed E-state index contributed by atoms with van der Waals surface area (Å²) in [4.78, 5) is 17.7. The third kappa shape index (κ3) is 3.92. The van der Waals surface area contributed by atoms with Gasteiger partial charge in [0.1, 0.15) is 0 Å². The molecule has 0 bridgehead atoms. The highest BCUT2D eigenvalue weighted by Crippen LogP contribution is 2.37. The second-order valence-corrected chi connectivity index (χ2v) is 8.59. The Morgan fingerprint density at radius 1 is 1.04 bits per heavy atom. The predicted molar refractivity (Wildman–Crippen MR) is 101 cm³/mol. The number of likely N-dealkylation sites (tertiary alicyclic amines) is 2. The van der Waals surface area contributed by atoms with E-state index in [2.05, 4.69) is 41.0 Å². The molecule has 0 aromatic heterocycles. The van der Waals surface area contributed by atoms with Crippen molar-refractivity contribution in [3.63, 3.8) is 0 Å². The van der Waals surface area contributed by atoms with Crippen LogP contribution >= 0.6 is 0 Å². The molecule has 2 aliphatic heterocycles. The summed E-state index contributed by atoms with van der Waals surface area (Å²) in [6.45, 7) is 7.40. The number of amides is 1. The third-order valence-corrected chi connectivity index (χ3v) is 6.71. The number of hydrogen-bond acceptors (Lipinski definition) is 2. The van der Waals surface area contributed by atoms with Crippen molar-refractivity contribution < 1.29 is 4.79 Å². The molecule has 3 fully saturated rings. The summed E-state index contributed by atoms with van der Waals surface area (Å²) in [6, 6.07) is 8.80. The minimum absolute atomic E-state index is 0.272. The summed E-state index contributed by atoms with van der Waals surface area (Å²) in [5.74, 6) is 2.34. The van der Waals surface area contributed by atoms with Gasteiger partial charge in [-0.1, -0.05) is 42.7 Å². The lowest BCUT2D eigenvalue weighted by Crippen LogP contribution is -2.41. The van der Waals surface area contributed by atoms with E-state index in [1.54, 1.807) is 0 Å². The first-order valence-corrected chi connectivity index (χ1v) is 10.3. The Kier molecular flexibility index (Phi) is 5.12. The predicted octanol–water partition coefficient (Wildman–Crippen LogP) is 3.86. The van der Waals surface area contributed by atoms with E-state index >= 15 is 0 Å². The topological polar surface area (TPSA) is 23.6 Å². The molecule has 1 aromatic rings. The molecule has 3 heteroatoms. The van der Waals surface area contributed by atoms with E-state index < -0.39 is 0 Å². The summed E-state index contributed by atoms with van der Waals surface area (Å²) >= 11 is 0. The number of piperidine rings is 1. The van der Waals surface area contributed by atoms with Crippen LogP contribution in [0.5, 0.6) is 0 Å². The fourth-order valence-electron chi connectivity index (χ4n) is 5.25. The number of benzene rings is 1. The van der Waals surface area contributed by atoms with Gasteiger partial charge in [0.05, 0.1) is 0 Å². The Hall–Kier alpha value is -1.35. The van der Waals surface area contributed by atoms with E-state index in [1.165, 1.54) is 36.8 Å². The highest BCUT2D eigenvalue weighted by molar-refractivity contribution is 5.79. The van der Waals surface area contributed by atoms with Crippen LogP contribution in [0, 0.1) is 24.7 Å². The Labute approximate surface area is 152 Å². The highest BCUT2D eigenvalue weighted by atomic mass is 16.2. The second kappa shape index (κ2) is 7.49. The summed E-state index contributed by atoms with van der Waals surface area (Å²) in [7, 11) is 0. The minimum atomic E-state index is 0.272. The minimum Gasteiger partial charge on any atom is -0.342 e. The van der Waals surface area contributed by atoms with E-state index in [-0.39, 0.29) is 5.92 Å². The SMILES string of the molecule is Cc1cccc(CN2CCC(C(=O)N3CC4CCCCC4C3)CC2)c1. The molecule has 3 nitrogen and oxygen atoms in total. The van der Waals surface area contributed by atoms with Crippen molar-refractivity contribution in [2.45, 2.75) is 52.0 Å². The van der Waals surface area contributed by atoms with Crippen LogP contribution < -0.4 is 0 Å². The van der Waals surface area contributed by atoms with Crippen molar-refractivity contribution in [3.05, 3.63) is 35.4 Å². The maximum atomic E-state index is 13.0. The van der Waals surface area contributed by atoms with E-state index in [1.807, 2.05) is 0 Å². The molecule has 0 N–H and O–H groups in total. The van der Waals surface area contributed by atoms with Gasteiger partial charge in [0.15, 0.2) is 0 Å². The smallest absolute Gasteiger partial charge is 0.225 e. The van der Waals surface area contributed by atoms with Gasteiger partial charge in [-0.25, -0.2) is 0 Å². The molecule has 2 atom stereocenters. The first-order valence-electron chi connectivity index (χ1n) is 10.3. The van der Waals surface area contributed by atoms with Crippen LogP contribution in [0.15, 0.2) is 24.3 Å². The van der Waals surface area contributed by atoms with E-state index in [0.717, 1.165) is 57.4 Å². The number of rotatable bonds is 3. The molecule has 2 saturated heterocycles. The summed E-state index contributed by atoms with van der Waals surface area (Å²) in [5, 5.41) is 0. The number of carbonyl (C=O) groups excluding carboxylic acids is 1. The molecule has 2 unspecified atom stereocenters. The molecular weight excluding hydrogens is 308 g/mol. The average Bonchev–Trinajstić information content (AvgIpc) is 3.06. The fraction of sp³-hybridized carbons (Fsp3) is 0.682. The molecule has 136 valence electrons. The largest absolute Gasteiger partial charge is 0.342 e. The molecule has 3 aliphatic rings. The molecule has 1 saturated carbocycles. The van der Waals surface area contributed by atoms with Crippen molar-refractivity contribution in [2.24, 2.45) is 17.8 Å². The average molecular weight is 341 g/mol. The van der Waals surface area contributed by atoms with Gasteiger partial charge in [-0.15, -0.1) is 0 Å². The van der Waals surface area contributed by atoms with E-state index in [4.69, 9.17) is 0 Å². The van der Waals surface area contributed by atoms with Gasteiger partial charge >= 0.3 is 0 Å². The Balaban J connectivity index is 1.27. The Morgan fingerprint density at radius 2 is 1.72 bits per heavy atom. The van der Waals surface area contributed by atoms with Crippen LogP contribution in [0.2, 0.25) is 0 Å². The quantitative estimate of drug-likeness (QED) is 0.834. The van der Waals surface area contributed by atoms with Crippen LogP contribution in [0.3, 0.4) is 0 Å². The van der Waals surface area contributed by atoms with Gasteiger partial charge in [0.2, 0.25) is 5.91 Å². The van der Waals surface area contributed by atoms with Crippen molar-refractivity contribution in [3.8, 4) is 0 Å². The standard InChI is InChI=1S/C22H32N2O/c1-17-5-4-6-18(13-17)14-23-11-9-19(10-12-23)22(25)24-15-20-7-2-3-8-21(20)16-24/h4-6,13,19-21H,2-3,7-12,14-16H2,1H3. The second-order valence-electron chi connectivity index (χ2n) is 8.59. The van der Waals surface area contributed by atoms with Crippen LogP contribution in [-0.2, 0) is 11.3 Å². The van der Waals surface area contributed by atoms with E-state index in [9.17, 15) is 4.79 Å². The van der Waals surface area contributed by atoms with Crippen molar-refractivity contribution in [1.82, 2.24) is 9.80 Å². The van der Waals surface area contributed by atoms with Crippen LogP contribution in [-0.4, -0.2) is 41.9 Å². The zero-order chi connectivity index (χ0) is 17.2. The highest BCUT2D eigenvalue weighted by Gasteiger charge is 2.38. The first kappa shape index (κ1) is 17.1. The zero-order valence-electron chi connectivity index (χ0n) is 15.6. The lowest BCUT2D eigenvalue weighted by atomic mass is 9.82. The summed E-state index contributed by atoms with van der Waals surface area (Å²) in [5.41, 5.74) is 2.73. The van der Waals surface area contributed by atoms with Gasteiger partial charge < -0.3 is 4.90 Å². The molecule has 0 radical (unpaired) electrons. The first-order chi connectivity index (χ1) is 12.2. The number of fused-ring (bicyclic) bond motifs is 1.